The maximum Gasteiger partial charge on any atom is 0.271 e. The van der Waals surface area contributed by atoms with E-state index in [9.17, 15) is 14.0 Å². The number of amides is 2. The van der Waals surface area contributed by atoms with Crippen LogP contribution in [0, 0.1) is 12.7 Å². The number of nitrogens with one attached hydrogen (secondary N) is 3. The number of benzene rings is 2. The van der Waals surface area contributed by atoms with E-state index in [4.69, 9.17) is 11.6 Å². The lowest BCUT2D eigenvalue weighted by Crippen LogP contribution is -2.42. The molecule has 2 amide bonds. The Balaban J connectivity index is 1.69. The number of rotatable bonds is 3. The summed E-state index contributed by atoms with van der Waals surface area (Å²) < 4.78 is 13.5. The summed E-state index contributed by atoms with van der Waals surface area (Å²) in [4.78, 5) is 27.3. The lowest BCUT2D eigenvalue weighted by atomic mass is 10.1. The summed E-state index contributed by atoms with van der Waals surface area (Å²) in [6, 6.07) is 10.9. The van der Waals surface area contributed by atoms with E-state index in [0.29, 0.717) is 10.9 Å². The van der Waals surface area contributed by atoms with E-state index in [2.05, 4.69) is 15.8 Å². The van der Waals surface area contributed by atoms with Crippen LogP contribution in [-0.2, 0) is 11.2 Å². The van der Waals surface area contributed by atoms with Crippen molar-refractivity contribution in [2.24, 2.45) is 0 Å². The number of aromatic amines is 1. The van der Waals surface area contributed by atoms with Crippen LogP contribution >= 0.6 is 11.6 Å². The first-order chi connectivity index (χ1) is 12.0. The lowest BCUT2D eigenvalue weighted by Gasteiger charge is -2.08. The highest BCUT2D eigenvalue weighted by Gasteiger charge is 2.15. The molecule has 0 atom stereocenters. The molecule has 2 aromatic carbocycles. The molecule has 3 aromatic rings. The second-order valence-electron chi connectivity index (χ2n) is 5.58. The topological polar surface area (TPSA) is 74.0 Å². The zero-order valence-electron chi connectivity index (χ0n) is 13.3. The number of halogens is 2. The summed E-state index contributed by atoms with van der Waals surface area (Å²) in [6.07, 6.45) is -0.00190. The normalized spacial score (nSPS) is 10.7. The molecule has 7 heteroatoms. The van der Waals surface area contributed by atoms with Gasteiger partial charge in [-0.2, -0.15) is 0 Å². The van der Waals surface area contributed by atoms with Crippen molar-refractivity contribution in [1.82, 2.24) is 15.8 Å². The van der Waals surface area contributed by atoms with Gasteiger partial charge in [0, 0.05) is 16.6 Å². The van der Waals surface area contributed by atoms with Gasteiger partial charge in [-0.1, -0.05) is 23.7 Å². The molecule has 0 spiro atoms. The Morgan fingerprint density at radius 2 is 1.92 bits per heavy atom. The van der Waals surface area contributed by atoms with Crippen molar-refractivity contribution in [1.29, 1.82) is 0 Å². The molecule has 0 saturated carbocycles. The first-order valence-corrected chi connectivity index (χ1v) is 7.94. The fraction of sp³-hybridized carbons (Fsp3) is 0.111. The van der Waals surface area contributed by atoms with Gasteiger partial charge in [0.15, 0.2) is 0 Å². The van der Waals surface area contributed by atoms with Crippen molar-refractivity contribution in [3.63, 3.8) is 0 Å². The smallest absolute Gasteiger partial charge is 0.271 e. The van der Waals surface area contributed by atoms with Crippen LogP contribution in [0.25, 0.3) is 10.9 Å². The Morgan fingerprint density at radius 3 is 2.68 bits per heavy atom. The molecule has 128 valence electrons. The molecule has 0 radical (unpaired) electrons. The van der Waals surface area contributed by atoms with Crippen LogP contribution in [-0.4, -0.2) is 16.8 Å². The molecule has 1 aromatic heterocycles. The van der Waals surface area contributed by atoms with Crippen LogP contribution in [0.5, 0.6) is 0 Å². The van der Waals surface area contributed by atoms with Crippen LogP contribution in [0.3, 0.4) is 0 Å². The predicted octanol–water partition coefficient (Wildman–Crippen LogP) is 3.27. The van der Waals surface area contributed by atoms with Gasteiger partial charge in [-0.3, -0.25) is 20.4 Å². The van der Waals surface area contributed by atoms with Crippen molar-refractivity contribution in [3.8, 4) is 0 Å². The summed E-state index contributed by atoms with van der Waals surface area (Å²) in [5.41, 5.74) is 7.13. The van der Waals surface area contributed by atoms with Gasteiger partial charge >= 0.3 is 0 Å². The first kappa shape index (κ1) is 17.0. The first-order valence-electron chi connectivity index (χ1n) is 7.56. The summed E-state index contributed by atoms with van der Waals surface area (Å²) >= 11 is 5.94. The number of hydrogen-bond acceptors (Lipinski definition) is 2. The van der Waals surface area contributed by atoms with Gasteiger partial charge in [0.1, 0.15) is 5.82 Å². The summed E-state index contributed by atoms with van der Waals surface area (Å²) in [5, 5.41) is 0.933. The molecule has 25 heavy (non-hydrogen) atoms. The van der Waals surface area contributed by atoms with Crippen molar-refractivity contribution >= 4 is 34.3 Å². The minimum Gasteiger partial charge on any atom is -0.358 e. The number of carbonyl (C=O) groups excluding carboxylic acids is 2. The molecular formula is C18H15ClFN3O2. The Kier molecular flexibility index (Phi) is 4.72. The highest BCUT2D eigenvalue weighted by atomic mass is 35.5. The molecule has 3 rings (SSSR count). The molecule has 0 bridgehead atoms. The number of hydrogen-bond donors (Lipinski definition) is 3. The molecule has 5 nitrogen and oxygen atoms in total. The highest BCUT2D eigenvalue weighted by molar-refractivity contribution is 6.33. The molecule has 0 aliphatic carbocycles. The van der Waals surface area contributed by atoms with Crippen LogP contribution in [0.15, 0.2) is 42.5 Å². The van der Waals surface area contributed by atoms with Gasteiger partial charge in [-0.25, -0.2) is 4.39 Å². The second kappa shape index (κ2) is 6.94. The van der Waals surface area contributed by atoms with Crippen molar-refractivity contribution in [2.45, 2.75) is 13.3 Å². The number of carbonyl (C=O) groups is 2. The van der Waals surface area contributed by atoms with Crippen LogP contribution in [0.4, 0.5) is 4.39 Å². The maximum absolute atomic E-state index is 13.5. The van der Waals surface area contributed by atoms with E-state index in [1.807, 2.05) is 6.92 Å². The third-order valence-electron chi connectivity index (χ3n) is 3.85. The van der Waals surface area contributed by atoms with Gasteiger partial charge < -0.3 is 4.98 Å². The maximum atomic E-state index is 13.5. The van der Waals surface area contributed by atoms with Crippen LogP contribution in [0.1, 0.15) is 21.6 Å². The van der Waals surface area contributed by atoms with Crippen molar-refractivity contribution < 1.29 is 14.0 Å². The van der Waals surface area contributed by atoms with E-state index in [-0.39, 0.29) is 22.8 Å². The van der Waals surface area contributed by atoms with Crippen molar-refractivity contribution in [3.05, 3.63) is 70.1 Å². The second-order valence-corrected chi connectivity index (χ2v) is 5.98. The van der Waals surface area contributed by atoms with Crippen LogP contribution < -0.4 is 10.9 Å². The fourth-order valence-corrected chi connectivity index (χ4v) is 2.85. The van der Waals surface area contributed by atoms with E-state index in [0.717, 1.165) is 11.2 Å². The fourth-order valence-electron chi connectivity index (χ4n) is 2.63. The standard InChI is InChI=1S/C18H15ClFN3O2/c1-10-13(14-8-11(20)6-7-16(14)21-10)9-17(24)22-23-18(25)12-4-2-3-5-15(12)19/h2-8,21H,9H2,1H3,(H,22,24)(H,23,25). The number of fused-ring (bicyclic) bond motifs is 1. The summed E-state index contributed by atoms with van der Waals surface area (Å²) in [6.45, 7) is 1.81. The number of hydrazine groups is 1. The summed E-state index contributed by atoms with van der Waals surface area (Å²) in [5.74, 6) is -1.31. The zero-order chi connectivity index (χ0) is 18.0. The lowest BCUT2D eigenvalue weighted by molar-refractivity contribution is -0.121. The van der Waals surface area contributed by atoms with Gasteiger partial charge in [0.05, 0.1) is 17.0 Å². The number of H-pyrrole nitrogens is 1. The number of aromatic nitrogens is 1. The van der Waals surface area contributed by atoms with E-state index in [1.165, 1.54) is 12.1 Å². The predicted molar refractivity (Wildman–Crippen MR) is 93.8 cm³/mol. The Morgan fingerprint density at radius 1 is 1.16 bits per heavy atom. The third kappa shape index (κ3) is 3.64. The average Bonchev–Trinajstić information content (AvgIpc) is 2.88. The quantitative estimate of drug-likeness (QED) is 0.628. The van der Waals surface area contributed by atoms with Gasteiger partial charge in [-0.15, -0.1) is 0 Å². The number of aryl methyl sites for hydroxylation is 1. The largest absolute Gasteiger partial charge is 0.358 e. The molecule has 0 aliphatic rings. The SMILES string of the molecule is Cc1[nH]c2ccc(F)cc2c1CC(=O)NNC(=O)c1ccccc1Cl. The van der Waals surface area contributed by atoms with E-state index < -0.39 is 11.8 Å². The molecule has 0 fully saturated rings. The van der Waals surface area contributed by atoms with Gasteiger partial charge in [0.2, 0.25) is 5.91 Å². The molecule has 3 N–H and O–H groups in total. The highest BCUT2D eigenvalue weighted by Crippen LogP contribution is 2.23. The minimum absolute atomic E-state index is 0.00190. The molecule has 0 aliphatic heterocycles. The molecule has 0 unspecified atom stereocenters. The van der Waals surface area contributed by atoms with Gasteiger partial charge in [0.25, 0.3) is 5.91 Å². The Hall–Kier alpha value is -2.86. The van der Waals surface area contributed by atoms with Crippen LogP contribution in [0.2, 0.25) is 5.02 Å². The summed E-state index contributed by atoms with van der Waals surface area (Å²) in [7, 11) is 0. The molecule has 0 saturated heterocycles. The van der Waals surface area contributed by atoms with Crippen molar-refractivity contribution in [2.75, 3.05) is 0 Å². The van der Waals surface area contributed by atoms with E-state index in [1.54, 1.807) is 30.3 Å². The average molecular weight is 360 g/mol. The van der Waals surface area contributed by atoms with E-state index >= 15 is 0 Å². The zero-order valence-corrected chi connectivity index (χ0v) is 14.1. The molecule has 1 heterocycles. The minimum atomic E-state index is -0.513. The molecular weight excluding hydrogens is 345 g/mol. The Bertz CT molecular complexity index is 968. The Labute approximate surface area is 148 Å². The third-order valence-corrected chi connectivity index (χ3v) is 4.18. The monoisotopic (exact) mass is 359 g/mol. The van der Waals surface area contributed by atoms with Gasteiger partial charge in [-0.05, 0) is 42.8 Å².